The highest BCUT2D eigenvalue weighted by atomic mass is 16.5. The van der Waals surface area contributed by atoms with Crippen LogP contribution >= 0.6 is 0 Å². The number of aromatic amines is 1. The van der Waals surface area contributed by atoms with Gasteiger partial charge in [-0.3, -0.25) is 9.69 Å². The molecule has 28 heavy (non-hydrogen) atoms. The topological polar surface area (TPSA) is 73.5 Å². The van der Waals surface area contributed by atoms with E-state index in [1.165, 1.54) is 0 Å². The van der Waals surface area contributed by atoms with Crippen molar-refractivity contribution in [1.82, 2.24) is 20.2 Å². The summed E-state index contributed by atoms with van der Waals surface area (Å²) in [4.78, 5) is 24.3. The number of imidazole rings is 1. The summed E-state index contributed by atoms with van der Waals surface area (Å²) in [6.07, 6.45) is 1.64. The molecule has 3 aromatic rings. The SMILES string of the molecule is COc1ccccc1N1CCN(CCNC(=O)c2ccc3nc[nH]c3c2)CC1. The van der Waals surface area contributed by atoms with Gasteiger partial charge in [0.2, 0.25) is 0 Å². The molecular weight excluding hydrogens is 354 g/mol. The molecule has 2 heterocycles. The first-order chi connectivity index (χ1) is 13.7. The van der Waals surface area contributed by atoms with E-state index < -0.39 is 0 Å². The lowest BCUT2D eigenvalue weighted by Crippen LogP contribution is -2.48. The summed E-state index contributed by atoms with van der Waals surface area (Å²) < 4.78 is 5.47. The molecule has 1 saturated heterocycles. The number of ether oxygens (including phenoxy) is 1. The molecule has 1 amide bonds. The Kier molecular flexibility index (Phi) is 5.43. The molecular formula is C21H25N5O2. The van der Waals surface area contributed by atoms with Gasteiger partial charge in [0.05, 0.1) is 30.2 Å². The van der Waals surface area contributed by atoms with Crippen LogP contribution in [0.2, 0.25) is 0 Å². The highest BCUT2D eigenvalue weighted by molar-refractivity contribution is 5.97. The van der Waals surface area contributed by atoms with E-state index in [-0.39, 0.29) is 5.91 Å². The molecule has 0 spiro atoms. The van der Waals surface area contributed by atoms with E-state index in [1.807, 2.05) is 36.4 Å². The Morgan fingerprint density at radius 1 is 1.18 bits per heavy atom. The Hall–Kier alpha value is -3.06. The van der Waals surface area contributed by atoms with Gasteiger partial charge in [-0.2, -0.15) is 0 Å². The van der Waals surface area contributed by atoms with Crippen molar-refractivity contribution in [3.8, 4) is 5.75 Å². The summed E-state index contributed by atoms with van der Waals surface area (Å²) in [5.41, 5.74) is 3.54. The number of carbonyl (C=O) groups is 1. The van der Waals surface area contributed by atoms with Crippen LogP contribution in [0.4, 0.5) is 5.69 Å². The van der Waals surface area contributed by atoms with E-state index in [1.54, 1.807) is 13.4 Å². The van der Waals surface area contributed by atoms with Gasteiger partial charge in [0.15, 0.2) is 0 Å². The van der Waals surface area contributed by atoms with Crippen LogP contribution in [0.5, 0.6) is 5.75 Å². The van der Waals surface area contributed by atoms with Crippen LogP contribution in [0.3, 0.4) is 0 Å². The number of H-pyrrole nitrogens is 1. The second-order valence-electron chi connectivity index (χ2n) is 6.89. The summed E-state index contributed by atoms with van der Waals surface area (Å²) >= 11 is 0. The molecule has 1 fully saturated rings. The molecule has 2 N–H and O–H groups in total. The number of rotatable bonds is 6. The summed E-state index contributed by atoms with van der Waals surface area (Å²) in [5.74, 6) is 0.863. The van der Waals surface area contributed by atoms with Crippen molar-refractivity contribution in [3.05, 3.63) is 54.4 Å². The van der Waals surface area contributed by atoms with Crippen LogP contribution in [0.25, 0.3) is 11.0 Å². The van der Waals surface area contributed by atoms with Crippen LogP contribution in [0, 0.1) is 0 Å². The fourth-order valence-electron chi connectivity index (χ4n) is 3.61. The van der Waals surface area contributed by atoms with E-state index in [0.717, 1.165) is 55.2 Å². The molecule has 0 aliphatic carbocycles. The third-order valence-corrected chi connectivity index (χ3v) is 5.19. The van der Waals surface area contributed by atoms with Crippen molar-refractivity contribution >= 4 is 22.6 Å². The zero-order valence-electron chi connectivity index (χ0n) is 16.0. The number of hydrogen-bond donors (Lipinski definition) is 2. The second-order valence-corrected chi connectivity index (χ2v) is 6.89. The molecule has 7 nitrogen and oxygen atoms in total. The Morgan fingerprint density at radius 3 is 2.82 bits per heavy atom. The number of piperazine rings is 1. The van der Waals surface area contributed by atoms with Crippen molar-refractivity contribution < 1.29 is 9.53 Å². The number of nitrogens with zero attached hydrogens (tertiary/aromatic N) is 3. The maximum atomic E-state index is 12.4. The van der Waals surface area contributed by atoms with Crippen molar-refractivity contribution in [3.63, 3.8) is 0 Å². The number of aromatic nitrogens is 2. The van der Waals surface area contributed by atoms with Crippen molar-refractivity contribution in [1.29, 1.82) is 0 Å². The van der Waals surface area contributed by atoms with Crippen LogP contribution in [-0.2, 0) is 0 Å². The number of amides is 1. The van der Waals surface area contributed by atoms with Crippen molar-refractivity contribution in [2.24, 2.45) is 0 Å². The number of nitrogens with one attached hydrogen (secondary N) is 2. The van der Waals surface area contributed by atoms with Crippen molar-refractivity contribution in [2.45, 2.75) is 0 Å². The predicted octanol–water partition coefficient (Wildman–Crippen LogP) is 2.12. The fraction of sp³-hybridized carbons (Fsp3) is 0.333. The number of anilines is 1. The summed E-state index contributed by atoms with van der Waals surface area (Å²) in [6, 6.07) is 13.6. The normalized spacial score (nSPS) is 15.0. The number of para-hydroxylation sites is 2. The van der Waals surface area contributed by atoms with E-state index in [9.17, 15) is 4.79 Å². The minimum absolute atomic E-state index is 0.0517. The summed E-state index contributed by atoms with van der Waals surface area (Å²) in [7, 11) is 1.71. The smallest absolute Gasteiger partial charge is 0.251 e. The van der Waals surface area contributed by atoms with Gasteiger partial charge in [0.25, 0.3) is 5.91 Å². The van der Waals surface area contributed by atoms with Gasteiger partial charge < -0.3 is 19.9 Å². The number of fused-ring (bicyclic) bond motifs is 1. The van der Waals surface area contributed by atoms with Gasteiger partial charge >= 0.3 is 0 Å². The molecule has 2 aromatic carbocycles. The van der Waals surface area contributed by atoms with E-state index in [2.05, 4.69) is 31.2 Å². The van der Waals surface area contributed by atoms with Gasteiger partial charge in [-0.05, 0) is 30.3 Å². The Labute approximate surface area is 164 Å². The number of hydrogen-bond acceptors (Lipinski definition) is 5. The number of carbonyl (C=O) groups excluding carboxylic acids is 1. The van der Waals surface area contributed by atoms with Gasteiger partial charge in [0.1, 0.15) is 5.75 Å². The molecule has 7 heteroatoms. The molecule has 4 rings (SSSR count). The van der Waals surface area contributed by atoms with Gasteiger partial charge in [-0.15, -0.1) is 0 Å². The zero-order valence-corrected chi connectivity index (χ0v) is 16.0. The molecule has 1 aliphatic rings. The van der Waals surface area contributed by atoms with Crippen molar-refractivity contribution in [2.75, 3.05) is 51.3 Å². The average molecular weight is 379 g/mol. The summed E-state index contributed by atoms with van der Waals surface area (Å²) in [6.45, 7) is 5.31. The Morgan fingerprint density at radius 2 is 2.00 bits per heavy atom. The third-order valence-electron chi connectivity index (χ3n) is 5.19. The minimum Gasteiger partial charge on any atom is -0.495 e. The first kappa shape index (κ1) is 18.3. The molecule has 1 aromatic heterocycles. The Bertz CT molecular complexity index is 947. The average Bonchev–Trinajstić information content (AvgIpc) is 3.22. The van der Waals surface area contributed by atoms with Gasteiger partial charge in [0, 0.05) is 44.8 Å². The predicted molar refractivity (Wildman–Crippen MR) is 110 cm³/mol. The lowest BCUT2D eigenvalue weighted by Gasteiger charge is -2.36. The highest BCUT2D eigenvalue weighted by Crippen LogP contribution is 2.28. The monoisotopic (exact) mass is 379 g/mol. The molecule has 0 bridgehead atoms. The highest BCUT2D eigenvalue weighted by Gasteiger charge is 2.19. The third kappa shape index (κ3) is 3.94. The van der Waals surface area contributed by atoms with E-state index in [0.29, 0.717) is 12.1 Å². The van der Waals surface area contributed by atoms with Crippen LogP contribution in [0.15, 0.2) is 48.8 Å². The molecule has 0 unspecified atom stereocenters. The second kappa shape index (κ2) is 8.31. The quantitative estimate of drug-likeness (QED) is 0.686. The minimum atomic E-state index is -0.0517. The van der Waals surface area contributed by atoms with Crippen LogP contribution in [0.1, 0.15) is 10.4 Å². The van der Waals surface area contributed by atoms with Gasteiger partial charge in [-0.1, -0.05) is 12.1 Å². The number of benzene rings is 2. The molecule has 146 valence electrons. The maximum Gasteiger partial charge on any atom is 0.251 e. The van der Waals surface area contributed by atoms with Crippen LogP contribution in [-0.4, -0.2) is 67.2 Å². The standard InChI is InChI=1S/C21H25N5O2/c1-28-20-5-3-2-4-19(20)26-12-10-25(11-13-26)9-8-22-21(27)16-6-7-17-18(14-16)24-15-23-17/h2-7,14-15H,8-13H2,1H3,(H,22,27)(H,23,24). The lowest BCUT2D eigenvalue weighted by molar-refractivity contribution is 0.0948. The van der Waals surface area contributed by atoms with E-state index in [4.69, 9.17) is 4.74 Å². The molecule has 1 aliphatic heterocycles. The summed E-state index contributed by atoms with van der Waals surface area (Å²) in [5, 5.41) is 3.02. The molecule has 0 atom stereocenters. The number of methoxy groups -OCH3 is 1. The first-order valence-electron chi connectivity index (χ1n) is 9.56. The largest absolute Gasteiger partial charge is 0.495 e. The van der Waals surface area contributed by atoms with Gasteiger partial charge in [-0.25, -0.2) is 4.98 Å². The fourth-order valence-corrected chi connectivity index (χ4v) is 3.61. The van der Waals surface area contributed by atoms with Crippen LogP contribution < -0.4 is 15.0 Å². The zero-order chi connectivity index (χ0) is 19.3. The molecule has 0 saturated carbocycles. The Balaban J connectivity index is 1.24. The molecule has 0 radical (unpaired) electrons. The maximum absolute atomic E-state index is 12.4. The first-order valence-corrected chi connectivity index (χ1v) is 9.56. The van der Waals surface area contributed by atoms with E-state index >= 15 is 0 Å². The lowest BCUT2D eigenvalue weighted by atomic mass is 10.2.